The summed E-state index contributed by atoms with van der Waals surface area (Å²) >= 11 is 0. The molecular formula is C9H11NO2. The molecule has 1 N–H and O–H groups in total. The van der Waals surface area contributed by atoms with Crippen LogP contribution in [0.2, 0.25) is 0 Å². The van der Waals surface area contributed by atoms with E-state index in [0.717, 1.165) is 24.9 Å². The van der Waals surface area contributed by atoms with Crippen LogP contribution < -0.4 is 5.32 Å². The standard InChI is InChI=1S/C9H11NO2/c11-6-7-3-4-8(10-7)9-2-1-5-12-9/h1-2,5-8,10H,3-4H2/t7-,8?/m1/s1. The molecule has 0 aromatic carbocycles. The van der Waals surface area contributed by atoms with Crippen LogP contribution >= 0.6 is 0 Å². The number of hydrogen-bond acceptors (Lipinski definition) is 3. The Hall–Kier alpha value is -1.09. The molecule has 3 heteroatoms. The molecule has 0 radical (unpaired) electrons. The smallest absolute Gasteiger partial charge is 0.136 e. The largest absolute Gasteiger partial charge is 0.468 e. The predicted octanol–water partition coefficient (Wildman–Crippen LogP) is 1.27. The molecule has 0 saturated carbocycles. The third kappa shape index (κ3) is 1.28. The Morgan fingerprint density at radius 1 is 1.58 bits per heavy atom. The van der Waals surface area contributed by atoms with Crippen molar-refractivity contribution in [1.29, 1.82) is 0 Å². The van der Waals surface area contributed by atoms with E-state index in [1.54, 1.807) is 6.26 Å². The molecule has 3 nitrogen and oxygen atoms in total. The fourth-order valence-electron chi connectivity index (χ4n) is 1.59. The van der Waals surface area contributed by atoms with Crippen LogP contribution in [-0.2, 0) is 4.79 Å². The molecule has 1 aliphatic rings. The summed E-state index contributed by atoms with van der Waals surface area (Å²) in [6.07, 6.45) is 4.51. The van der Waals surface area contributed by atoms with E-state index in [1.165, 1.54) is 0 Å². The maximum atomic E-state index is 10.4. The Morgan fingerprint density at radius 3 is 3.08 bits per heavy atom. The minimum Gasteiger partial charge on any atom is -0.468 e. The number of rotatable bonds is 2. The molecule has 0 bridgehead atoms. The van der Waals surface area contributed by atoms with E-state index in [0.29, 0.717) is 0 Å². The van der Waals surface area contributed by atoms with Crippen molar-refractivity contribution in [2.75, 3.05) is 0 Å². The van der Waals surface area contributed by atoms with Crippen LogP contribution in [0.25, 0.3) is 0 Å². The van der Waals surface area contributed by atoms with Crippen molar-refractivity contribution in [1.82, 2.24) is 5.32 Å². The average molecular weight is 165 g/mol. The highest BCUT2D eigenvalue weighted by Crippen LogP contribution is 2.25. The lowest BCUT2D eigenvalue weighted by Crippen LogP contribution is -2.24. The van der Waals surface area contributed by atoms with E-state index >= 15 is 0 Å². The molecule has 1 saturated heterocycles. The van der Waals surface area contributed by atoms with Gasteiger partial charge in [-0.1, -0.05) is 0 Å². The van der Waals surface area contributed by atoms with E-state index in [4.69, 9.17) is 4.42 Å². The number of aldehydes is 1. The van der Waals surface area contributed by atoms with Crippen molar-refractivity contribution in [3.8, 4) is 0 Å². The van der Waals surface area contributed by atoms with E-state index in [1.807, 2.05) is 12.1 Å². The Morgan fingerprint density at radius 2 is 2.50 bits per heavy atom. The second kappa shape index (κ2) is 3.11. The van der Waals surface area contributed by atoms with E-state index in [9.17, 15) is 4.79 Å². The first-order valence-corrected chi connectivity index (χ1v) is 4.15. The van der Waals surface area contributed by atoms with Gasteiger partial charge in [-0.3, -0.25) is 5.32 Å². The molecule has 2 rings (SSSR count). The van der Waals surface area contributed by atoms with Gasteiger partial charge in [-0.25, -0.2) is 0 Å². The molecule has 1 unspecified atom stereocenters. The van der Waals surface area contributed by atoms with Gasteiger partial charge >= 0.3 is 0 Å². The first-order valence-electron chi connectivity index (χ1n) is 4.15. The lowest BCUT2D eigenvalue weighted by Gasteiger charge is -2.06. The summed E-state index contributed by atoms with van der Waals surface area (Å²) in [5.41, 5.74) is 0. The van der Waals surface area contributed by atoms with Crippen LogP contribution in [-0.4, -0.2) is 12.3 Å². The van der Waals surface area contributed by atoms with Crippen molar-refractivity contribution in [2.45, 2.75) is 24.9 Å². The lowest BCUT2D eigenvalue weighted by atomic mass is 10.2. The van der Waals surface area contributed by atoms with Gasteiger partial charge in [-0.15, -0.1) is 0 Å². The van der Waals surface area contributed by atoms with Gasteiger partial charge in [-0.2, -0.15) is 0 Å². The van der Waals surface area contributed by atoms with Crippen molar-refractivity contribution in [3.05, 3.63) is 24.2 Å². The number of nitrogens with one attached hydrogen (secondary N) is 1. The van der Waals surface area contributed by atoms with Crippen LogP contribution in [0.3, 0.4) is 0 Å². The average Bonchev–Trinajstić information content (AvgIpc) is 2.75. The number of hydrogen-bond donors (Lipinski definition) is 1. The molecule has 2 atom stereocenters. The van der Waals surface area contributed by atoms with Gasteiger partial charge in [0.25, 0.3) is 0 Å². The second-order valence-corrected chi connectivity index (χ2v) is 3.05. The van der Waals surface area contributed by atoms with Crippen molar-refractivity contribution in [2.24, 2.45) is 0 Å². The molecule has 0 aliphatic carbocycles. The summed E-state index contributed by atoms with van der Waals surface area (Å²) in [7, 11) is 0. The maximum absolute atomic E-state index is 10.4. The first kappa shape index (κ1) is 7.55. The normalized spacial score (nSPS) is 29.0. The van der Waals surface area contributed by atoms with Gasteiger partial charge in [0.05, 0.1) is 18.3 Å². The highest BCUT2D eigenvalue weighted by molar-refractivity contribution is 5.58. The monoisotopic (exact) mass is 165 g/mol. The number of carbonyl (C=O) groups is 1. The minimum atomic E-state index is 0.0140. The fourth-order valence-corrected chi connectivity index (χ4v) is 1.59. The third-order valence-corrected chi connectivity index (χ3v) is 2.23. The van der Waals surface area contributed by atoms with Crippen LogP contribution in [0.4, 0.5) is 0 Å². The van der Waals surface area contributed by atoms with E-state index in [-0.39, 0.29) is 12.1 Å². The summed E-state index contributed by atoms with van der Waals surface area (Å²) in [5.74, 6) is 0.930. The minimum absolute atomic E-state index is 0.0140. The molecule has 64 valence electrons. The SMILES string of the molecule is O=C[C@H]1CCC(c2ccco2)N1. The number of furan rings is 1. The Bertz CT molecular complexity index is 256. The van der Waals surface area contributed by atoms with Gasteiger partial charge < -0.3 is 9.21 Å². The first-order chi connectivity index (χ1) is 5.90. The van der Waals surface area contributed by atoms with Crippen LogP contribution in [0, 0.1) is 0 Å². The molecule has 12 heavy (non-hydrogen) atoms. The summed E-state index contributed by atoms with van der Waals surface area (Å²) in [4.78, 5) is 10.4. The van der Waals surface area contributed by atoms with Gasteiger partial charge in [0, 0.05) is 0 Å². The second-order valence-electron chi connectivity index (χ2n) is 3.05. The van der Waals surface area contributed by atoms with Gasteiger partial charge in [0.2, 0.25) is 0 Å². The summed E-state index contributed by atoms with van der Waals surface area (Å²) < 4.78 is 5.23. The van der Waals surface area contributed by atoms with E-state index < -0.39 is 0 Å². The molecule has 2 heterocycles. The van der Waals surface area contributed by atoms with Crippen LogP contribution in [0.5, 0.6) is 0 Å². The molecule has 1 aromatic heterocycles. The zero-order valence-electron chi connectivity index (χ0n) is 6.69. The lowest BCUT2D eigenvalue weighted by molar-refractivity contribution is -0.109. The van der Waals surface area contributed by atoms with Crippen LogP contribution in [0.1, 0.15) is 24.6 Å². The van der Waals surface area contributed by atoms with Crippen molar-refractivity contribution >= 4 is 6.29 Å². The molecule has 1 aliphatic heterocycles. The third-order valence-electron chi connectivity index (χ3n) is 2.23. The molecular weight excluding hydrogens is 154 g/mol. The van der Waals surface area contributed by atoms with Gasteiger partial charge in [-0.05, 0) is 25.0 Å². The molecule has 0 spiro atoms. The van der Waals surface area contributed by atoms with Crippen molar-refractivity contribution in [3.63, 3.8) is 0 Å². The fraction of sp³-hybridized carbons (Fsp3) is 0.444. The van der Waals surface area contributed by atoms with Crippen LogP contribution in [0.15, 0.2) is 22.8 Å². The van der Waals surface area contributed by atoms with Gasteiger partial charge in [0.1, 0.15) is 12.0 Å². The van der Waals surface area contributed by atoms with Gasteiger partial charge in [0.15, 0.2) is 0 Å². The summed E-state index contributed by atoms with van der Waals surface area (Å²) in [5, 5.41) is 3.18. The highest BCUT2D eigenvalue weighted by atomic mass is 16.3. The molecule has 1 fully saturated rings. The highest BCUT2D eigenvalue weighted by Gasteiger charge is 2.25. The topological polar surface area (TPSA) is 42.2 Å². The molecule has 1 aromatic rings. The summed E-state index contributed by atoms with van der Waals surface area (Å²) in [6.45, 7) is 0. The summed E-state index contributed by atoms with van der Waals surface area (Å²) in [6, 6.07) is 4.05. The Labute approximate surface area is 70.8 Å². The Kier molecular flexibility index (Phi) is 1.96. The Balaban J connectivity index is 2.04. The quantitative estimate of drug-likeness (QED) is 0.671. The zero-order valence-corrected chi connectivity index (χ0v) is 6.69. The van der Waals surface area contributed by atoms with E-state index in [2.05, 4.69) is 5.32 Å². The van der Waals surface area contributed by atoms with Crippen molar-refractivity contribution < 1.29 is 9.21 Å². The zero-order chi connectivity index (χ0) is 8.39. The number of carbonyl (C=O) groups excluding carboxylic acids is 1. The predicted molar refractivity (Wildman–Crippen MR) is 43.7 cm³/mol. The molecule has 0 amide bonds. The maximum Gasteiger partial charge on any atom is 0.136 e.